The molecule has 0 bridgehead atoms. The van der Waals surface area contributed by atoms with Crippen LogP contribution in [0.3, 0.4) is 0 Å². The summed E-state index contributed by atoms with van der Waals surface area (Å²) in [6.45, 7) is 4.10. The van der Waals surface area contributed by atoms with Crippen molar-refractivity contribution < 1.29 is 0 Å². The van der Waals surface area contributed by atoms with Gasteiger partial charge in [-0.05, 0) is 24.3 Å². The number of para-hydroxylation sites is 2. The van der Waals surface area contributed by atoms with Gasteiger partial charge in [0.2, 0.25) is 0 Å². The molecule has 1 aromatic heterocycles. The van der Waals surface area contributed by atoms with Crippen LogP contribution in [0.5, 0.6) is 0 Å². The lowest BCUT2D eigenvalue weighted by Crippen LogP contribution is -2.24. The second-order valence-corrected chi connectivity index (χ2v) is 5.12. The van der Waals surface area contributed by atoms with Gasteiger partial charge in [-0.25, -0.2) is 4.98 Å². The lowest BCUT2D eigenvalue weighted by atomic mass is 10.1. The normalized spacial score (nSPS) is 11.2. The first kappa shape index (κ1) is 12.6. The van der Waals surface area contributed by atoms with Gasteiger partial charge in [0.25, 0.3) is 5.56 Å². The minimum absolute atomic E-state index is 0.00880. The van der Waals surface area contributed by atoms with Gasteiger partial charge in [0, 0.05) is 5.92 Å². The summed E-state index contributed by atoms with van der Waals surface area (Å²) in [4.78, 5) is 17.5. The molecule has 0 fully saturated rings. The van der Waals surface area contributed by atoms with Crippen LogP contribution in [-0.2, 0) is 0 Å². The zero-order chi connectivity index (χ0) is 14.1. The Bertz CT molecular complexity index is 804. The predicted octanol–water partition coefficient (Wildman–Crippen LogP) is 3.51. The van der Waals surface area contributed by atoms with Crippen LogP contribution in [0.1, 0.15) is 25.6 Å². The van der Waals surface area contributed by atoms with Crippen molar-refractivity contribution in [2.45, 2.75) is 19.8 Å². The van der Waals surface area contributed by atoms with E-state index < -0.39 is 0 Å². The molecule has 0 amide bonds. The average molecular weight is 264 g/mol. The fourth-order valence-corrected chi connectivity index (χ4v) is 2.36. The SMILES string of the molecule is CC(C)c1nc2ccccc2c(=O)n1-c1ccccc1. The third kappa shape index (κ3) is 2.01. The summed E-state index contributed by atoms with van der Waals surface area (Å²) in [5, 5.41) is 0.653. The quantitative estimate of drug-likeness (QED) is 0.710. The largest absolute Gasteiger partial charge is 0.268 e. The number of hydrogen-bond donors (Lipinski definition) is 0. The number of benzene rings is 2. The Morgan fingerprint density at radius 1 is 0.950 bits per heavy atom. The average Bonchev–Trinajstić information content (AvgIpc) is 2.48. The molecule has 20 heavy (non-hydrogen) atoms. The fraction of sp³-hybridized carbons (Fsp3) is 0.176. The third-order valence-electron chi connectivity index (χ3n) is 3.33. The Morgan fingerprint density at radius 3 is 2.30 bits per heavy atom. The van der Waals surface area contributed by atoms with Crippen LogP contribution in [0.25, 0.3) is 16.6 Å². The van der Waals surface area contributed by atoms with Crippen LogP contribution < -0.4 is 5.56 Å². The van der Waals surface area contributed by atoms with E-state index in [9.17, 15) is 4.79 Å². The molecule has 3 rings (SSSR count). The van der Waals surface area contributed by atoms with Crippen molar-refractivity contribution in [2.75, 3.05) is 0 Å². The predicted molar refractivity (Wildman–Crippen MR) is 81.4 cm³/mol. The van der Waals surface area contributed by atoms with E-state index in [1.807, 2.05) is 54.6 Å². The van der Waals surface area contributed by atoms with Crippen molar-refractivity contribution in [1.82, 2.24) is 9.55 Å². The van der Waals surface area contributed by atoms with Crippen molar-refractivity contribution in [3.8, 4) is 5.69 Å². The molecule has 100 valence electrons. The Morgan fingerprint density at radius 2 is 1.60 bits per heavy atom. The van der Waals surface area contributed by atoms with Crippen molar-refractivity contribution in [1.29, 1.82) is 0 Å². The maximum absolute atomic E-state index is 12.8. The van der Waals surface area contributed by atoms with Crippen molar-refractivity contribution >= 4 is 10.9 Å². The molecule has 3 nitrogen and oxygen atoms in total. The maximum Gasteiger partial charge on any atom is 0.265 e. The lowest BCUT2D eigenvalue weighted by Gasteiger charge is -2.15. The summed E-state index contributed by atoms with van der Waals surface area (Å²) in [6.07, 6.45) is 0. The summed E-state index contributed by atoms with van der Waals surface area (Å²) in [5.41, 5.74) is 1.61. The van der Waals surface area contributed by atoms with E-state index in [1.165, 1.54) is 0 Å². The van der Waals surface area contributed by atoms with Gasteiger partial charge < -0.3 is 0 Å². The topological polar surface area (TPSA) is 34.9 Å². The standard InChI is InChI=1S/C17H16N2O/c1-12(2)16-18-15-11-7-6-10-14(15)17(20)19(16)13-8-4-3-5-9-13/h3-12H,1-2H3. The zero-order valence-electron chi connectivity index (χ0n) is 11.6. The van der Waals surface area contributed by atoms with Gasteiger partial charge in [-0.2, -0.15) is 0 Å². The summed E-state index contributed by atoms with van der Waals surface area (Å²) in [7, 11) is 0. The Kier molecular flexibility index (Phi) is 3.11. The number of hydrogen-bond acceptors (Lipinski definition) is 2. The molecule has 0 spiro atoms. The van der Waals surface area contributed by atoms with Gasteiger partial charge in [0.1, 0.15) is 5.82 Å². The monoisotopic (exact) mass is 264 g/mol. The molecule has 0 atom stereocenters. The highest BCUT2D eigenvalue weighted by atomic mass is 16.1. The van der Waals surface area contributed by atoms with E-state index in [1.54, 1.807) is 4.57 Å². The van der Waals surface area contributed by atoms with Gasteiger partial charge in [0.15, 0.2) is 0 Å². The number of fused-ring (bicyclic) bond motifs is 1. The van der Waals surface area contributed by atoms with E-state index in [4.69, 9.17) is 0 Å². The molecule has 3 aromatic rings. The molecule has 0 aliphatic rings. The van der Waals surface area contributed by atoms with Crippen LogP contribution in [-0.4, -0.2) is 9.55 Å². The highest BCUT2D eigenvalue weighted by molar-refractivity contribution is 5.77. The molecule has 3 heteroatoms. The Balaban J connectivity index is 2.43. The molecule has 0 saturated carbocycles. The van der Waals surface area contributed by atoms with E-state index in [2.05, 4.69) is 18.8 Å². The second-order valence-electron chi connectivity index (χ2n) is 5.12. The molecule has 1 heterocycles. The maximum atomic E-state index is 12.8. The van der Waals surface area contributed by atoms with E-state index in [0.29, 0.717) is 5.39 Å². The summed E-state index contributed by atoms with van der Waals surface area (Å²) < 4.78 is 1.72. The van der Waals surface area contributed by atoms with Crippen LogP contribution >= 0.6 is 0 Å². The molecular formula is C17H16N2O. The van der Waals surface area contributed by atoms with Crippen LogP contribution in [0.4, 0.5) is 0 Å². The summed E-state index contributed by atoms with van der Waals surface area (Å²) in [6, 6.07) is 17.2. The van der Waals surface area contributed by atoms with Gasteiger partial charge in [-0.3, -0.25) is 9.36 Å². The number of aromatic nitrogens is 2. The molecule has 0 aliphatic heterocycles. The first-order valence-corrected chi connectivity index (χ1v) is 6.75. The molecular weight excluding hydrogens is 248 g/mol. The van der Waals surface area contributed by atoms with E-state index in [0.717, 1.165) is 17.0 Å². The molecule has 0 unspecified atom stereocenters. The van der Waals surface area contributed by atoms with Crippen molar-refractivity contribution in [3.05, 3.63) is 70.8 Å². The van der Waals surface area contributed by atoms with Gasteiger partial charge in [-0.15, -0.1) is 0 Å². The van der Waals surface area contributed by atoms with Crippen LogP contribution in [0.2, 0.25) is 0 Å². The van der Waals surface area contributed by atoms with Crippen LogP contribution in [0, 0.1) is 0 Å². The zero-order valence-corrected chi connectivity index (χ0v) is 11.6. The Hall–Kier alpha value is -2.42. The highest BCUT2D eigenvalue weighted by Gasteiger charge is 2.14. The number of rotatable bonds is 2. The summed E-state index contributed by atoms with van der Waals surface area (Å²) >= 11 is 0. The summed E-state index contributed by atoms with van der Waals surface area (Å²) in [5.74, 6) is 0.965. The first-order chi connectivity index (χ1) is 9.68. The van der Waals surface area contributed by atoms with E-state index >= 15 is 0 Å². The smallest absolute Gasteiger partial charge is 0.265 e. The third-order valence-corrected chi connectivity index (χ3v) is 3.33. The number of nitrogens with zero attached hydrogens (tertiary/aromatic N) is 2. The Labute approximate surface area is 117 Å². The molecule has 0 N–H and O–H groups in total. The highest BCUT2D eigenvalue weighted by Crippen LogP contribution is 2.18. The van der Waals surface area contributed by atoms with E-state index in [-0.39, 0.29) is 11.5 Å². The van der Waals surface area contributed by atoms with Gasteiger partial charge in [-0.1, -0.05) is 44.2 Å². The molecule has 0 radical (unpaired) electrons. The van der Waals surface area contributed by atoms with Gasteiger partial charge in [0.05, 0.1) is 16.6 Å². The minimum atomic E-state index is -0.00880. The second kappa shape index (κ2) is 4.93. The lowest BCUT2D eigenvalue weighted by molar-refractivity contribution is 0.723. The fourth-order valence-electron chi connectivity index (χ4n) is 2.36. The molecule has 2 aromatic carbocycles. The molecule has 0 aliphatic carbocycles. The molecule has 0 saturated heterocycles. The van der Waals surface area contributed by atoms with Crippen molar-refractivity contribution in [3.63, 3.8) is 0 Å². The first-order valence-electron chi connectivity index (χ1n) is 6.75. The minimum Gasteiger partial charge on any atom is -0.268 e. The van der Waals surface area contributed by atoms with Gasteiger partial charge >= 0.3 is 0 Å². The van der Waals surface area contributed by atoms with Crippen LogP contribution in [0.15, 0.2) is 59.4 Å². The van der Waals surface area contributed by atoms with Crippen molar-refractivity contribution in [2.24, 2.45) is 0 Å².